The molecule has 1 rings (SSSR count). The number of hydrogen-bond donors (Lipinski definition) is 0. The lowest BCUT2D eigenvalue weighted by Crippen LogP contribution is -2.36. The Morgan fingerprint density at radius 1 is 0.656 bits per heavy atom. The fourth-order valence-electron chi connectivity index (χ4n) is 3.14. The molecule has 0 atom stereocenters. The Balaban J connectivity index is 2.94. The molecule has 0 N–H and O–H groups in total. The molecule has 0 aliphatic carbocycles. The molecule has 1 heterocycles. The maximum Gasteiger partial charge on any atom is 0.272 e. The summed E-state index contributed by atoms with van der Waals surface area (Å²) >= 11 is 0. The molecule has 0 bridgehead atoms. The zero-order valence-electron chi connectivity index (χ0n) is 19.9. The molecule has 0 aliphatic rings. The predicted octanol–water partition coefficient (Wildman–Crippen LogP) is 1.51. The molecule has 2 amide bonds. The van der Waals surface area contributed by atoms with E-state index in [1.165, 1.54) is 12.4 Å². The molecular formula is C22H38N4O6. The van der Waals surface area contributed by atoms with Gasteiger partial charge in [-0.3, -0.25) is 9.59 Å². The zero-order chi connectivity index (χ0) is 23.6. The summed E-state index contributed by atoms with van der Waals surface area (Å²) in [5, 5.41) is 0. The second-order valence-corrected chi connectivity index (χ2v) is 7.26. The number of carbonyl (C=O) groups is 2. The van der Waals surface area contributed by atoms with Crippen LogP contribution in [0.15, 0.2) is 12.4 Å². The number of nitrogens with zero attached hydrogens (tertiary/aromatic N) is 4. The van der Waals surface area contributed by atoms with E-state index in [1.54, 1.807) is 38.2 Å². The lowest BCUT2D eigenvalue weighted by molar-refractivity contribution is 0.0708. The average Bonchev–Trinajstić information content (AvgIpc) is 2.81. The van der Waals surface area contributed by atoms with Gasteiger partial charge in [0.1, 0.15) is 17.7 Å². The van der Waals surface area contributed by atoms with Gasteiger partial charge in [-0.15, -0.1) is 0 Å². The van der Waals surface area contributed by atoms with Crippen molar-refractivity contribution in [3.63, 3.8) is 0 Å². The molecule has 1 aromatic rings. The van der Waals surface area contributed by atoms with Crippen LogP contribution in [0.25, 0.3) is 0 Å². The van der Waals surface area contributed by atoms with Crippen LogP contribution in [0, 0.1) is 0 Å². The van der Waals surface area contributed by atoms with Crippen molar-refractivity contribution in [3.05, 3.63) is 23.8 Å². The fourth-order valence-corrected chi connectivity index (χ4v) is 3.14. The minimum absolute atomic E-state index is 0.201. The van der Waals surface area contributed by atoms with Crippen LogP contribution in [0.4, 0.5) is 0 Å². The van der Waals surface area contributed by atoms with Gasteiger partial charge in [0.2, 0.25) is 0 Å². The second-order valence-electron chi connectivity index (χ2n) is 7.26. The first-order chi connectivity index (χ1) is 15.6. The van der Waals surface area contributed by atoms with Crippen LogP contribution in [0.1, 0.15) is 46.7 Å². The highest BCUT2D eigenvalue weighted by atomic mass is 16.5. The van der Waals surface area contributed by atoms with Gasteiger partial charge < -0.3 is 28.7 Å². The third-order valence-corrected chi connectivity index (χ3v) is 4.79. The summed E-state index contributed by atoms with van der Waals surface area (Å²) < 4.78 is 20.4. The smallest absolute Gasteiger partial charge is 0.272 e. The van der Waals surface area contributed by atoms with Gasteiger partial charge in [0.25, 0.3) is 11.8 Å². The fraction of sp³-hybridized carbons (Fsp3) is 0.727. The number of carbonyl (C=O) groups excluding carboxylic acids is 2. The van der Waals surface area contributed by atoms with Gasteiger partial charge in [-0.25, -0.2) is 9.97 Å². The molecule has 1 aromatic heterocycles. The first kappa shape index (κ1) is 27.9. The lowest BCUT2D eigenvalue weighted by atomic mass is 10.2. The molecular weight excluding hydrogens is 416 g/mol. The number of hydrogen-bond acceptors (Lipinski definition) is 8. The van der Waals surface area contributed by atoms with Crippen LogP contribution in [-0.2, 0) is 18.9 Å². The van der Waals surface area contributed by atoms with E-state index in [0.29, 0.717) is 78.3 Å². The summed E-state index contributed by atoms with van der Waals surface area (Å²) in [6, 6.07) is 1.48. The van der Waals surface area contributed by atoms with E-state index in [1.807, 2.05) is 0 Å². The van der Waals surface area contributed by atoms with Crippen LogP contribution < -0.4 is 0 Å². The van der Waals surface area contributed by atoms with Crippen molar-refractivity contribution < 1.29 is 28.5 Å². The van der Waals surface area contributed by atoms with Crippen LogP contribution in [0.5, 0.6) is 0 Å². The molecule has 0 fully saturated rings. The van der Waals surface area contributed by atoms with E-state index >= 15 is 0 Å². The Bertz CT molecular complexity index is 590. The summed E-state index contributed by atoms with van der Waals surface area (Å²) in [6.45, 7) is 4.35. The predicted molar refractivity (Wildman–Crippen MR) is 120 cm³/mol. The number of rotatable bonds is 18. The van der Waals surface area contributed by atoms with Gasteiger partial charge in [-0.05, 0) is 25.7 Å². The summed E-state index contributed by atoms with van der Waals surface area (Å²) in [5.74, 6) is -0.474. The summed E-state index contributed by atoms with van der Waals surface area (Å²) in [6.07, 6.45) is 4.10. The maximum absolute atomic E-state index is 13.1. The molecule has 10 nitrogen and oxygen atoms in total. The van der Waals surface area contributed by atoms with Gasteiger partial charge in [-0.2, -0.15) is 0 Å². The SMILES string of the molecule is COCCCN(CCCOC)C(=O)c1cc(C(=O)N(CCCOC)CCCOC)ncn1. The van der Waals surface area contributed by atoms with Crippen molar-refractivity contribution in [2.45, 2.75) is 25.7 Å². The summed E-state index contributed by atoms with van der Waals surface area (Å²) in [4.78, 5) is 37.9. The van der Waals surface area contributed by atoms with Crippen molar-refractivity contribution in [3.8, 4) is 0 Å². The Morgan fingerprint density at radius 3 is 1.25 bits per heavy atom. The molecule has 0 spiro atoms. The molecule has 0 saturated heterocycles. The van der Waals surface area contributed by atoms with E-state index in [4.69, 9.17) is 18.9 Å². The van der Waals surface area contributed by atoms with Gasteiger partial charge in [-0.1, -0.05) is 0 Å². The van der Waals surface area contributed by atoms with Crippen molar-refractivity contribution in [1.29, 1.82) is 0 Å². The Morgan fingerprint density at radius 2 is 0.969 bits per heavy atom. The van der Waals surface area contributed by atoms with Crippen molar-refractivity contribution >= 4 is 11.8 Å². The average molecular weight is 455 g/mol. The minimum Gasteiger partial charge on any atom is -0.385 e. The van der Waals surface area contributed by atoms with Crippen LogP contribution in [-0.4, -0.2) is 113 Å². The minimum atomic E-state index is -0.237. The normalized spacial score (nSPS) is 10.9. The number of aromatic nitrogens is 2. The Kier molecular flexibility index (Phi) is 15.2. The molecule has 32 heavy (non-hydrogen) atoms. The van der Waals surface area contributed by atoms with E-state index in [2.05, 4.69) is 9.97 Å². The standard InChI is InChI=1S/C22H38N4O6/c1-29-13-5-9-25(10-6-14-30-2)21(27)19-17-20(24-18-23-19)22(28)26(11-7-15-31-3)12-8-16-32-4/h17-18H,5-16H2,1-4H3. The highest BCUT2D eigenvalue weighted by Crippen LogP contribution is 2.09. The van der Waals surface area contributed by atoms with E-state index in [0.717, 1.165) is 0 Å². The third-order valence-electron chi connectivity index (χ3n) is 4.79. The Labute approximate surface area is 191 Å². The molecule has 0 saturated carbocycles. The Hall–Kier alpha value is -2.14. The van der Waals surface area contributed by atoms with E-state index < -0.39 is 0 Å². The molecule has 0 unspecified atom stereocenters. The van der Waals surface area contributed by atoms with Crippen molar-refractivity contribution in [1.82, 2.24) is 19.8 Å². The van der Waals surface area contributed by atoms with Gasteiger partial charge in [0.05, 0.1) is 0 Å². The van der Waals surface area contributed by atoms with Crippen molar-refractivity contribution in [2.24, 2.45) is 0 Å². The van der Waals surface area contributed by atoms with Gasteiger partial charge >= 0.3 is 0 Å². The molecule has 10 heteroatoms. The molecule has 182 valence electrons. The second kappa shape index (κ2) is 17.4. The van der Waals surface area contributed by atoms with Crippen LogP contribution in [0.2, 0.25) is 0 Å². The van der Waals surface area contributed by atoms with Crippen molar-refractivity contribution in [2.75, 3.05) is 81.0 Å². The first-order valence-corrected chi connectivity index (χ1v) is 10.9. The summed E-state index contributed by atoms with van der Waals surface area (Å²) in [5.41, 5.74) is 0.402. The quantitative estimate of drug-likeness (QED) is 0.308. The topological polar surface area (TPSA) is 103 Å². The summed E-state index contributed by atoms with van der Waals surface area (Å²) in [7, 11) is 6.52. The van der Waals surface area contributed by atoms with E-state index in [9.17, 15) is 9.59 Å². The molecule has 0 radical (unpaired) electrons. The van der Waals surface area contributed by atoms with Gasteiger partial charge in [0, 0.05) is 87.1 Å². The number of methoxy groups -OCH3 is 4. The molecule has 0 aromatic carbocycles. The highest BCUT2D eigenvalue weighted by molar-refractivity contribution is 5.97. The maximum atomic E-state index is 13.1. The molecule has 0 aliphatic heterocycles. The number of amides is 2. The third kappa shape index (κ3) is 10.4. The first-order valence-electron chi connectivity index (χ1n) is 10.9. The van der Waals surface area contributed by atoms with E-state index in [-0.39, 0.29) is 23.2 Å². The van der Waals surface area contributed by atoms with Gasteiger partial charge in [0.15, 0.2) is 0 Å². The zero-order valence-corrected chi connectivity index (χ0v) is 19.9. The monoisotopic (exact) mass is 454 g/mol. The number of ether oxygens (including phenoxy) is 4. The van der Waals surface area contributed by atoms with Crippen LogP contribution >= 0.6 is 0 Å². The highest BCUT2D eigenvalue weighted by Gasteiger charge is 2.21. The van der Waals surface area contributed by atoms with Crippen LogP contribution in [0.3, 0.4) is 0 Å². The largest absolute Gasteiger partial charge is 0.385 e. The lowest BCUT2D eigenvalue weighted by Gasteiger charge is -2.23.